The summed E-state index contributed by atoms with van der Waals surface area (Å²) < 4.78 is 5.23. The summed E-state index contributed by atoms with van der Waals surface area (Å²) in [5, 5.41) is 3.55. The van der Waals surface area contributed by atoms with Crippen LogP contribution in [0.15, 0.2) is 0 Å². The van der Waals surface area contributed by atoms with Crippen LogP contribution in [-0.4, -0.2) is 31.8 Å². The van der Waals surface area contributed by atoms with Crippen molar-refractivity contribution in [2.75, 3.05) is 20.2 Å². The van der Waals surface area contributed by atoms with Crippen LogP contribution in [0.25, 0.3) is 0 Å². The molecular formula is C12H26N2O. The summed E-state index contributed by atoms with van der Waals surface area (Å²) in [5.41, 5.74) is 5.95. The second-order valence-corrected chi connectivity index (χ2v) is 5.19. The van der Waals surface area contributed by atoms with Crippen molar-refractivity contribution in [1.29, 1.82) is 0 Å². The Kier molecular flexibility index (Phi) is 5.03. The van der Waals surface area contributed by atoms with Crippen LogP contribution in [-0.2, 0) is 4.74 Å². The molecule has 0 heterocycles. The van der Waals surface area contributed by atoms with Gasteiger partial charge in [-0.1, -0.05) is 19.3 Å². The molecule has 0 bridgehead atoms. The molecule has 3 N–H and O–H groups in total. The molecule has 1 saturated carbocycles. The lowest BCUT2D eigenvalue weighted by Crippen LogP contribution is -2.52. The lowest BCUT2D eigenvalue weighted by Gasteiger charge is -2.37. The van der Waals surface area contributed by atoms with Crippen molar-refractivity contribution in [3.8, 4) is 0 Å². The van der Waals surface area contributed by atoms with Crippen LogP contribution in [0.3, 0.4) is 0 Å². The van der Waals surface area contributed by atoms with E-state index in [0.717, 1.165) is 12.5 Å². The maximum Gasteiger partial charge on any atom is 0.0667 e. The maximum atomic E-state index is 5.86. The van der Waals surface area contributed by atoms with Gasteiger partial charge in [-0.25, -0.2) is 0 Å². The molecule has 0 aromatic heterocycles. The Hall–Kier alpha value is -0.120. The summed E-state index contributed by atoms with van der Waals surface area (Å²) in [7, 11) is 1.75. The summed E-state index contributed by atoms with van der Waals surface area (Å²) in [4.78, 5) is 0. The van der Waals surface area contributed by atoms with Gasteiger partial charge < -0.3 is 15.8 Å². The molecule has 0 amide bonds. The molecule has 2 atom stereocenters. The van der Waals surface area contributed by atoms with Crippen molar-refractivity contribution in [3.05, 3.63) is 0 Å². The fraction of sp³-hybridized carbons (Fsp3) is 1.00. The van der Waals surface area contributed by atoms with E-state index < -0.39 is 0 Å². The standard InChI is InChI=1S/C12H26N2O/c1-10(15-3)8-14-12(2,9-13)7-11-5-4-6-11/h10-11,14H,4-9,13H2,1-3H3. The van der Waals surface area contributed by atoms with Crippen LogP contribution in [0.5, 0.6) is 0 Å². The first-order chi connectivity index (χ1) is 7.09. The molecule has 0 aliphatic heterocycles. The van der Waals surface area contributed by atoms with Crippen molar-refractivity contribution in [1.82, 2.24) is 5.32 Å². The number of hydrogen-bond donors (Lipinski definition) is 2. The van der Waals surface area contributed by atoms with Crippen molar-refractivity contribution >= 4 is 0 Å². The van der Waals surface area contributed by atoms with Gasteiger partial charge in [-0.15, -0.1) is 0 Å². The second-order valence-electron chi connectivity index (χ2n) is 5.19. The van der Waals surface area contributed by atoms with Crippen LogP contribution >= 0.6 is 0 Å². The minimum absolute atomic E-state index is 0.0951. The molecule has 1 aliphatic carbocycles. The van der Waals surface area contributed by atoms with Crippen LogP contribution in [0.4, 0.5) is 0 Å². The quantitative estimate of drug-likeness (QED) is 0.675. The Bertz CT molecular complexity index is 182. The predicted molar refractivity (Wildman–Crippen MR) is 63.9 cm³/mol. The summed E-state index contributed by atoms with van der Waals surface area (Å²) in [6.45, 7) is 5.90. The normalized spacial score (nSPS) is 23.2. The average molecular weight is 214 g/mol. The third-order valence-corrected chi connectivity index (χ3v) is 3.63. The fourth-order valence-corrected chi connectivity index (χ4v) is 2.04. The topological polar surface area (TPSA) is 47.3 Å². The van der Waals surface area contributed by atoms with Crippen LogP contribution in [0.2, 0.25) is 0 Å². The molecule has 3 nitrogen and oxygen atoms in total. The molecule has 1 rings (SSSR count). The van der Waals surface area contributed by atoms with E-state index in [0.29, 0.717) is 6.54 Å². The van der Waals surface area contributed by atoms with E-state index in [1.807, 2.05) is 0 Å². The number of nitrogens with two attached hydrogens (primary N) is 1. The van der Waals surface area contributed by atoms with Gasteiger partial charge in [-0.2, -0.15) is 0 Å². The minimum atomic E-state index is 0.0951. The maximum absolute atomic E-state index is 5.86. The third-order valence-electron chi connectivity index (χ3n) is 3.63. The lowest BCUT2D eigenvalue weighted by molar-refractivity contribution is 0.102. The molecule has 3 heteroatoms. The van der Waals surface area contributed by atoms with Crippen LogP contribution in [0.1, 0.15) is 39.5 Å². The van der Waals surface area contributed by atoms with E-state index in [1.165, 1.54) is 25.7 Å². The first-order valence-corrected chi connectivity index (χ1v) is 6.07. The minimum Gasteiger partial charge on any atom is -0.380 e. The molecule has 15 heavy (non-hydrogen) atoms. The highest BCUT2D eigenvalue weighted by atomic mass is 16.5. The summed E-state index contributed by atoms with van der Waals surface area (Å²) in [6, 6.07) is 0. The summed E-state index contributed by atoms with van der Waals surface area (Å²) >= 11 is 0. The van der Waals surface area contributed by atoms with E-state index in [9.17, 15) is 0 Å². The first kappa shape index (κ1) is 12.9. The van der Waals surface area contributed by atoms with Gasteiger partial charge in [-0.05, 0) is 26.2 Å². The van der Waals surface area contributed by atoms with Gasteiger partial charge in [0.2, 0.25) is 0 Å². The third kappa shape index (κ3) is 4.09. The largest absolute Gasteiger partial charge is 0.380 e. The van der Waals surface area contributed by atoms with Crippen molar-refractivity contribution in [2.45, 2.75) is 51.2 Å². The number of hydrogen-bond acceptors (Lipinski definition) is 3. The molecule has 1 aliphatic rings. The number of methoxy groups -OCH3 is 1. The Balaban J connectivity index is 2.30. The lowest BCUT2D eigenvalue weighted by atomic mass is 9.76. The van der Waals surface area contributed by atoms with Gasteiger partial charge in [0, 0.05) is 25.7 Å². The highest BCUT2D eigenvalue weighted by molar-refractivity contribution is 4.89. The van der Waals surface area contributed by atoms with E-state index in [4.69, 9.17) is 10.5 Å². The van der Waals surface area contributed by atoms with Crippen molar-refractivity contribution < 1.29 is 4.74 Å². The molecular weight excluding hydrogens is 188 g/mol. The van der Waals surface area contributed by atoms with E-state index in [1.54, 1.807) is 7.11 Å². The predicted octanol–water partition coefficient (Wildman–Crippen LogP) is 1.52. The Morgan fingerprint density at radius 3 is 2.60 bits per heavy atom. The van der Waals surface area contributed by atoms with E-state index in [2.05, 4.69) is 19.2 Å². The SMILES string of the molecule is COC(C)CNC(C)(CN)CC1CCC1. The van der Waals surface area contributed by atoms with Crippen molar-refractivity contribution in [3.63, 3.8) is 0 Å². The Labute approximate surface area is 93.8 Å². The van der Waals surface area contributed by atoms with E-state index >= 15 is 0 Å². The molecule has 0 radical (unpaired) electrons. The zero-order valence-corrected chi connectivity index (χ0v) is 10.4. The van der Waals surface area contributed by atoms with Crippen LogP contribution in [0, 0.1) is 5.92 Å². The van der Waals surface area contributed by atoms with E-state index in [-0.39, 0.29) is 11.6 Å². The molecule has 0 saturated heterocycles. The monoisotopic (exact) mass is 214 g/mol. The van der Waals surface area contributed by atoms with Crippen LogP contribution < -0.4 is 11.1 Å². The number of nitrogens with one attached hydrogen (secondary N) is 1. The van der Waals surface area contributed by atoms with Gasteiger partial charge in [0.05, 0.1) is 6.10 Å². The number of rotatable bonds is 7. The molecule has 2 unspecified atom stereocenters. The first-order valence-electron chi connectivity index (χ1n) is 6.07. The smallest absolute Gasteiger partial charge is 0.0667 e. The fourth-order valence-electron chi connectivity index (χ4n) is 2.04. The van der Waals surface area contributed by atoms with Gasteiger partial charge in [-0.3, -0.25) is 0 Å². The molecule has 0 aromatic carbocycles. The molecule has 1 fully saturated rings. The van der Waals surface area contributed by atoms with Crippen molar-refractivity contribution in [2.24, 2.45) is 11.7 Å². The second kappa shape index (κ2) is 5.83. The summed E-state index contributed by atoms with van der Waals surface area (Å²) in [5.74, 6) is 0.893. The van der Waals surface area contributed by atoms with Gasteiger partial charge in [0.15, 0.2) is 0 Å². The van der Waals surface area contributed by atoms with Gasteiger partial charge >= 0.3 is 0 Å². The average Bonchev–Trinajstić information content (AvgIpc) is 2.20. The molecule has 0 aromatic rings. The Morgan fingerprint density at radius 1 is 1.53 bits per heavy atom. The zero-order chi connectivity index (χ0) is 11.3. The van der Waals surface area contributed by atoms with Gasteiger partial charge in [0.1, 0.15) is 0 Å². The highest BCUT2D eigenvalue weighted by Crippen LogP contribution is 2.33. The molecule has 90 valence electrons. The summed E-state index contributed by atoms with van der Waals surface area (Å²) in [6.07, 6.45) is 5.64. The highest BCUT2D eigenvalue weighted by Gasteiger charge is 2.29. The number of ether oxygens (including phenoxy) is 1. The zero-order valence-electron chi connectivity index (χ0n) is 10.4. The van der Waals surface area contributed by atoms with Gasteiger partial charge in [0.25, 0.3) is 0 Å². The Morgan fingerprint density at radius 2 is 2.20 bits per heavy atom. The molecule has 0 spiro atoms.